The summed E-state index contributed by atoms with van der Waals surface area (Å²) in [6.07, 6.45) is 4.34. The zero-order chi connectivity index (χ0) is 25.3. The van der Waals surface area contributed by atoms with Crippen molar-refractivity contribution in [1.82, 2.24) is 20.2 Å². The van der Waals surface area contributed by atoms with Gasteiger partial charge in [0.25, 0.3) is 11.5 Å². The molecule has 2 heterocycles. The molecule has 2 aromatic carbocycles. The first-order chi connectivity index (χ1) is 17.5. The lowest BCUT2D eigenvalue weighted by atomic mass is 10.1. The van der Waals surface area contributed by atoms with Gasteiger partial charge in [0.05, 0.1) is 22.8 Å². The fourth-order valence-electron chi connectivity index (χ4n) is 4.03. The van der Waals surface area contributed by atoms with Gasteiger partial charge in [0.15, 0.2) is 5.16 Å². The fourth-order valence-corrected chi connectivity index (χ4v) is 4.87. The lowest BCUT2D eigenvalue weighted by molar-refractivity contribution is -0.118. The van der Waals surface area contributed by atoms with Crippen molar-refractivity contribution in [3.63, 3.8) is 0 Å². The Morgan fingerprint density at radius 1 is 1.19 bits per heavy atom. The van der Waals surface area contributed by atoms with Crippen molar-refractivity contribution in [3.05, 3.63) is 82.7 Å². The molecule has 0 spiro atoms. The number of aromatic nitrogens is 2. The van der Waals surface area contributed by atoms with Crippen LogP contribution in [0.1, 0.15) is 28.8 Å². The van der Waals surface area contributed by atoms with Crippen molar-refractivity contribution in [1.29, 1.82) is 0 Å². The van der Waals surface area contributed by atoms with Gasteiger partial charge in [-0.2, -0.15) is 0 Å². The van der Waals surface area contributed by atoms with Gasteiger partial charge < -0.3 is 15.4 Å². The number of nitrogens with zero attached hydrogens (tertiary/aromatic N) is 2. The summed E-state index contributed by atoms with van der Waals surface area (Å²) in [5.74, 6) is -0.264. The Morgan fingerprint density at radius 3 is 2.78 bits per heavy atom. The van der Waals surface area contributed by atoms with Gasteiger partial charge in [-0.3, -0.25) is 19.0 Å². The topological polar surface area (TPSA) is 102 Å². The highest BCUT2D eigenvalue weighted by molar-refractivity contribution is 7.99. The number of rotatable bonds is 11. The van der Waals surface area contributed by atoms with Crippen molar-refractivity contribution >= 4 is 34.5 Å². The molecule has 4 rings (SSSR count). The first-order valence-electron chi connectivity index (χ1n) is 12.0. The van der Waals surface area contributed by atoms with Gasteiger partial charge in [0.2, 0.25) is 5.91 Å². The summed E-state index contributed by atoms with van der Waals surface area (Å²) in [6, 6.07) is 14.8. The molecule has 8 nitrogen and oxygen atoms in total. The van der Waals surface area contributed by atoms with E-state index in [-0.39, 0.29) is 35.8 Å². The molecular weight excluding hydrogens is 476 g/mol. The second-order valence-corrected chi connectivity index (χ2v) is 9.49. The summed E-state index contributed by atoms with van der Waals surface area (Å²) in [4.78, 5) is 42.8. The minimum Gasteiger partial charge on any atom is -0.376 e. The highest BCUT2D eigenvalue weighted by Gasteiger charge is 2.18. The van der Waals surface area contributed by atoms with E-state index in [4.69, 9.17) is 4.74 Å². The van der Waals surface area contributed by atoms with E-state index in [2.05, 4.69) is 22.2 Å². The summed E-state index contributed by atoms with van der Waals surface area (Å²) in [5.41, 5.74) is 1.75. The van der Waals surface area contributed by atoms with Gasteiger partial charge >= 0.3 is 0 Å². The Hall–Kier alpha value is -3.43. The number of amides is 2. The maximum atomic E-state index is 13.1. The maximum Gasteiger partial charge on any atom is 0.262 e. The van der Waals surface area contributed by atoms with E-state index in [9.17, 15) is 14.4 Å². The van der Waals surface area contributed by atoms with Crippen molar-refractivity contribution in [2.24, 2.45) is 0 Å². The molecule has 2 N–H and O–H groups in total. The lowest BCUT2D eigenvalue weighted by Gasteiger charge is -2.13. The Kier molecular flexibility index (Phi) is 8.91. The highest BCUT2D eigenvalue weighted by Crippen LogP contribution is 2.19. The van der Waals surface area contributed by atoms with E-state index in [0.717, 1.165) is 31.4 Å². The number of allylic oxidation sites excluding steroid dienone is 1. The zero-order valence-electron chi connectivity index (χ0n) is 20.1. The number of hydrogen-bond donors (Lipinski definition) is 2. The standard InChI is InChI=1S/C27H30N4O4S/c1-2-14-31-26(34)22-11-10-20(25(33)29-17-21-9-6-15-35-21)16-23(22)30-27(31)36-18-24(32)28-13-12-19-7-4-3-5-8-19/h2-5,7-8,10-11,16,21H,1,6,9,12-15,17-18H2,(H,28,32)(H,29,33). The van der Waals surface area contributed by atoms with Crippen LogP contribution in [0.5, 0.6) is 0 Å². The first kappa shape index (κ1) is 25.7. The van der Waals surface area contributed by atoms with Crippen LogP contribution in [0.4, 0.5) is 0 Å². The van der Waals surface area contributed by atoms with Crippen LogP contribution in [0, 0.1) is 0 Å². The van der Waals surface area contributed by atoms with Gasteiger partial charge in [-0.05, 0) is 43.0 Å². The monoisotopic (exact) mass is 506 g/mol. The van der Waals surface area contributed by atoms with Crippen LogP contribution in [-0.2, 0) is 22.5 Å². The highest BCUT2D eigenvalue weighted by atomic mass is 32.2. The number of nitrogens with one attached hydrogen (secondary N) is 2. The maximum absolute atomic E-state index is 13.1. The van der Waals surface area contributed by atoms with E-state index >= 15 is 0 Å². The van der Waals surface area contributed by atoms with E-state index in [0.29, 0.717) is 34.7 Å². The minimum absolute atomic E-state index is 0.0421. The predicted molar refractivity (Wildman–Crippen MR) is 141 cm³/mol. The molecular formula is C27H30N4O4S. The molecule has 0 aliphatic carbocycles. The first-order valence-corrected chi connectivity index (χ1v) is 13.0. The van der Waals surface area contributed by atoms with Crippen LogP contribution in [0.2, 0.25) is 0 Å². The van der Waals surface area contributed by atoms with Crippen molar-refractivity contribution in [2.75, 3.05) is 25.4 Å². The summed E-state index contributed by atoms with van der Waals surface area (Å²) in [5, 5.41) is 6.61. The second kappa shape index (κ2) is 12.5. The number of hydrogen-bond acceptors (Lipinski definition) is 6. The van der Waals surface area contributed by atoms with Gasteiger partial charge in [-0.15, -0.1) is 6.58 Å². The largest absolute Gasteiger partial charge is 0.376 e. The molecule has 1 fully saturated rings. The summed E-state index contributed by atoms with van der Waals surface area (Å²) < 4.78 is 7.05. The number of fused-ring (bicyclic) bond motifs is 1. The molecule has 0 radical (unpaired) electrons. The van der Waals surface area contributed by atoms with E-state index in [1.54, 1.807) is 24.3 Å². The smallest absolute Gasteiger partial charge is 0.262 e. The summed E-state index contributed by atoms with van der Waals surface area (Å²) in [6.45, 7) is 5.70. The van der Waals surface area contributed by atoms with Crippen LogP contribution in [0.25, 0.3) is 10.9 Å². The third-order valence-electron chi connectivity index (χ3n) is 5.92. The lowest BCUT2D eigenvalue weighted by Crippen LogP contribution is -2.31. The van der Waals surface area contributed by atoms with Gasteiger partial charge in [-0.1, -0.05) is 48.2 Å². The number of ether oxygens (including phenoxy) is 1. The molecule has 1 atom stereocenters. The molecule has 0 saturated carbocycles. The normalized spacial score (nSPS) is 15.1. The van der Waals surface area contributed by atoms with Crippen molar-refractivity contribution < 1.29 is 14.3 Å². The summed E-state index contributed by atoms with van der Waals surface area (Å²) in [7, 11) is 0. The summed E-state index contributed by atoms with van der Waals surface area (Å²) >= 11 is 1.19. The molecule has 0 bridgehead atoms. The Bertz CT molecular complexity index is 1290. The fraction of sp³-hybridized carbons (Fsp3) is 0.333. The second-order valence-electron chi connectivity index (χ2n) is 8.55. The number of carbonyl (C=O) groups excluding carboxylic acids is 2. The van der Waals surface area contributed by atoms with E-state index in [1.807, 2.05) is 30.3 Å². The van der Waals surface area contributed by atoms with Gasteiger partial charge in [-0.25, -0.2) is 4.98 Å². The molecule has 188 valence electrons. The van der Waals surface area contributed by atoms with Crippen LogP contribution in [0.15, 0.2) is 71.1 Å². The third kappa shape index (κ3) is 6.61. The van der Waals surface area contributed by atoms with E-state index < -0.39 is 0 Å². The molecule has 1 aliphatic rings. The molecule has 1 aliphatic heterocycles. The predicted octanol–water partition coefficient (Wildman–Crippen LogP) is 2.94. The molecule has 1 aromatic heterocycles. The Morgan fingerprint density at radius 2 is 2.03 bits per heavy atom. The third-order valence-corrected chi connectivity index (χ3v) is 6.90. The number of carbonyl (C=O) groups is 2. The Balaban J connectivity index is 1.44. The van der Waals surface area contributed by atoms with Crippen LogP contribution in [-0.4, -0.2) is 52.9 Å². The average Bonchev–Trinajstić information content (AvgIpc) is 3.42. The SMILES string of the molecule is C=CCn1c(SCC(=O)NCCc2ccccc2)nc2cc(C(=O)NCC3CCCO3)ccc2c1=O. The van der Waals surface area contributed by atoms with Crippen molar-refractivity contribution in [2.45, 2.75) is 37.1 Å². The van der Waals surface area contributed by atoms with Gasteiger partial charge in [0, 0.05) is 31.8 Å². The molecule has 9 heteroatoms. The van der Waals surface area contributed by atoms with Crippen LogP contribution >= 0.6 is 11.8 Å². The molecule has 2 amide bonds. The zero-order valence-corrected chi connectivity index (χ0v) is 20.9. The molecule has 1 saturated heterocycles. The Labute approximate surface area is 214 Å². The van der Waals surface area contributed by atoms with Crippen molar-refractivity contribution in [3.8, 4) is 0 Å². The van der Waals surface area contributed by atoms with Crippen LogP contribution < -0.4 is 16.2 Å². The molecule has 3 aromatic rings. The average molecular weight is 507 g/mol. The van der Waals surface area contributed by atoms with Gasteiger partial charge in [0.1, 0.15) is 0 Å². The number of thioether (sulfide) groups is 1. The minimum atomic E-state index is -0.239. The molecule has 36 heavy (non-hydrogen) atoms. The quantitative estimate of drug-likeness (QED) is 0.236. The number of benzene rings is 2. The van der Waals surface area contributed by atoms with E-state index in [1.165, 1.54) is 16.3 Å². The van der Waals surface area contributed by atoms with Crippen LogP contribution in [0.3, 0.4) is 0 Å². The molecule has 1 unspecified atom stereocenters.